The van der Waals surface area contributed by atoms with Crippen molar-refractivity contribution in [3.05, 3.63) is 48.0 Å². The average molecular weight is 339 g/mol. The Morgan fingerprint density at radius 2 is 2.20 bits per heavy atom. The van der Waals surface area contributed by atoms with E-state index in [2.05, 4.69) is 39.5 Å². The maximum Gasteiger partial charge on any atom is 0.225 e. The summed E-state index contributed by atoms with van der Waals surface area (Å²) in [5, 5.41) is 7.94. The fourth-order valence-electron chi connectivity index (χ4n) is 3.78. The summed E-state index contributed by atoms with van der Waals surface area (Å²) >= 11 is 0. The Bertz CT molecular complexity index is 724. The van der Waals surface area contributed by atoms with E-state index in [1.165, 1.54) is 5.56 Å². The zero-order chi connectivity index (χ0) is 17.2. The summed E-state index contributed by atoms with van der Waals surface area (Å²) in [5.74, 6) is 0.271. The minimum Gasteiger partial charge on any atom is -0.331 e. The second-order valence-corrected chi connectivity index (χ2v) is 6.98. The molecule has 4 rings (SSSR count). The first-order valence-electron chi connectivity index (χ1n) is 9.22. The molecule has 0 bridgehead atoms. The number of aryl methyl sites for hydroxylation is 1. The van der Waals surface area contributed by atoms with Crippen molar-refractivity contribution < 1.29 is 4.79 Å². The average Bonchev–Trinajstić information content (AvgIpc) is 3.27. The van der Waals surface area contributed by atoms with Crippen LogP contribution >= 0.6 is 0 Å². The Labute approximate surface area is 148 Å². The number of likely N-dealkylation sites (tertiary alicyclic amines) is 1. The maximum atomic E-state index is 12.6. The highest BCUT2D eigenvalue weighted by Crippen LogP contribution is 2.41. The van der Waals surface area contributed by atoms with Gasteiger partial charge in [-0.15, -0.1) is 0 Å². The minimum absolute atomic E-state index is 0.104. The van der Waals surface area contributed by atoms with Crippen molar-refractivity contribution in [2.24, 2.45) is 0 Å². The lowest BCUT2D eigenvalue weighted by Crippen LogP contribution is -2.38. The lowest BCUT2D eigenvalue weighted by atomic mass is 10.0. The van der Waals surface area contributed by atoms with Gasteiger partial charge in [0, 0.05) is 43.6 Å². The number of nitrogens with zero attached hydrogens (tertiary/aromatic N) is 4. The number of amides is 1. The van der Waals surface area contributed by atoms with Gasteiger partial charge in [-0.1, -0.05) is 6.07 Å². The van der Waals surface area contributed by atoms with Gasteiger partial charge in [0.1, 0.15) is 0 Å². The van der Waals surface area contributed by atoms with E-state index in [9.17, 15) is 4.79 Å². The van der Waals surface area contributed by atoms with Crippen molar-refractivity contribution >= 4 is 5.91 Å². The van der Waals surface area contributed by atoms with Crippen molar-refractivity contribution in [3.8, 4) is 0 Å². The van der Waals surface area contributed by atoms with Crippen molar-refractivity contribution in [1.29, 1.82) is 0 Å². The normalized spacial score (nSPS) is 23.4. The quantitative estimate of drug-likeness (QED) is 0.837. The SMILES string of the molecule is CCn1cc(CCN[C@@H]2CC(=O)N(C3CC3)[C@H]2c2cccnc2)cn1. The number of aromatic nitrogens is 3. The molecule has 2 aliphatic rings. The van der Waals surface area contributed by atoms with Gasteiger partial charge in [0.25, 0.3) is 0 Å². The number of rotatable bonds is 7. The maximum absolute atomic E-state index is 12.6. The molecular formula is C19H25N5O. The molecule has 0 spiro atoms. The molecule has 0 aromatic carbocycles. The molecule has 1 aliphatic heterocycles. The van der Waals surface area contributed by atoms with Gasteiger partial charge < -0.3 is 10.2 Å². The van der Waals surface area contributed by atoms with Gasteiger partial charge in [-0.2, -0.15) is 5.10 Å². The first-order valence-corrected chi connectivity index (χ1v) is 9.22. The standard InChI is InChI=1S/C19H25N5O/c1-2-23-13-14(11-22-23)7-9-21-17-10-18(25)24(16-5-6-16)19(17)15-4-3-8-20-12-15/h3-4,8,11-13,16-17,19,21H,2,5-7,9-10H2,1H3/t17-,19+/m1/s1. The largest absolute Gasteiger partial charge is 0.331 e. The van der Waals surface area contributed by atoms with Crippen LogP contribution in [0, 0.1) is 0 Å². The van der Waals surface area contributed by atoms with Crippen molar-refractivity contribution in [1.82, 2.24) is 25.0 Å². The van der Waals surface area contributed by atoms with E-state index in [-0.39, 0.29) is 18.0 Å². The van der Waals surface area contributed by atoms with E-state index in [0.29, 0.717) is 12.5 Å². The van der Waals surface area contributed by atoms with Crippen LogP contribution in [-0.2, 0) is 17.8 Å². The van der Waals surface area contributed by atoms with E-state index in [4.69, 9.17) is 0 Å². The molecule has 25 heavy (non-hydrogen) atoms. The first kappa shape index (κ1) is 16.3. The highest BCUT2D eigenvalue weighted by Gasteiger charge is 2.47. The van der Waals surface area contributed by atoms with Gasteiger partial charge >= 0.3 is 0 Å². The van der Waals surface area contributed by atoms with Gasteiger partial charge in [-0.25, -0.2) is 0 Å². The van der Waals surface area contributed by atoms with Gasteiger partial charge in [-0.3, -0.25) is 14.5 Å². The summed E-state index contributed by atoms with van der Waals surface area (Å²) in [5.41, 5.74) is 2.37. The number of nitrogens with one attached hydrogen (secondary N) is 1. The number of hydrogen-bond acceptors (Lipinski definition) is 4. The molecule has 6 nitrogen and oxygen atoms in total. The summed E-state index contributed by atoms with van der Waals surface area (Å²) in [6.45, 7) is 3.83. The topological polar surface area (TPSA) is 63.1 Å². The van der Waals surface area contributed by atoms with Crippen LogP contribution in [0.25, 0.3) is 0 Å². The van der Waals surface area contributed by atoms with Crippen LogP contribution in [0.3, 0.4) is 0 Å². The van der Waals surface area contributed by atoms with E-state index in [0.717, 1.165) is 37.9 Å². The van der Waals surface area contributed by atoms with Crippen LogP contribution in [-0.4, -0.2) is 44.2 Å². The van der Waals surface area contributed by atoms with Crippen LogP contribution in [0.5, 0.6) is 0 Å². The molecule has 2 fully saturated rings. The van der Waals surface area contributed by atoms with Crippen LogP contribution < -0.4 is 5.32 Å². The smallest absolute Gasteiger partial charge is 0.225 e. The molecule has 1 saturated carbocycles. The number of hydrogen-bond donors (Lipinski definition) is 1. The van der Waals surface area contributed by atoms with Crippen LogP contribution in [0.1, 0.15) is 43.4 Å². The van der Waals surface area contributed by atoms with Crippen LogP contribution in [0.4, 0.5) is 0 Å². The third-order valence-corrected chi connectivity index (χ3v) is 5.16. The molecule has 2 aromatic heterocycles. The number of carbonyl (C=O) groups excluding carboxylic acids is 1. The Hall–Kier alpha value is -2.21. The summed E-state index contributed by atoms with van der Waals surface area (Å²) in [7, 11) is 0. The van der Waals surface area contributed by atoms with E-state index < -0.39 is 0 Å². The van der Waals surface area contributed by atoms with Crippen molar-refractivity contribution in [2.45, 2.75) is 57.3 Å². The highest BCUT2D eigenvalue weighted by molar-refractivity contribution is 5.81. The fourth-order valence-corrected chi connectivity index (χ4v) is 3.78. The Morgan fingerprint density at radius 3 is 2.88 bits per heavy atom. The molecule has 132 valence electrons. The lowest BCUT2D eigenvalue weighted by molar-refractivity contribution is -0.129. The molecule has 0 radical (unpaired) electrons. The molecule has 2 aromatic rings. The lowest BCUT2D eigenvalue weighted by Gasteiger charge is -2.29. The molecule has 6 heteroatoms. The minimum atomic E-state index is 0.104. The molecule has 1 saturated heterocycles. The summed E-state index contributed by atoms with van der Waals surface area (Å²) in [6, 6.07) is 4.73. The molecule has 2 atom stereocenters. The molecule has 1 aliphatic carbocycles. The molecule has 3 heterocycles. The highest BCUT2D eigenvalue weighted by atomic mass is 16.2. The van der Waals surface area contributed by atoms with Gasteiger partial charge in [0.15, 0.2) is 0 Å². The number of carbonyl (C=O) groups is 1. The Kier molecular flexibility index (Phi) is 4.53. The number of pyridine rings is 1. The predicted molar refractivity (Wildman–Crippen MR) is 94.9 cm³/mol. The second-order valence-electron chi connectivity index (χ2n) is 6.98. The summed E-state index contributed by atoms with van der Waals surface area (Å²) in [6.07, 6.45) is 11.5. The van der Waals surface area contributed by atoms with E-state index >= 15 is 0 Å². The third-order valence-electron chi connectivity index (χ3n) is 5.16. The molecular weight excluding hydrogens is 314 g/mol. The monoisotopic (exact) mass is 339 g/mol. The first-order chi connectivity index (χ1) is 12.3. The van der Waals surface area contributed by atoms with Crippen LogP contribution in [0.2, 0.25) is 0 Å². The molecule has 0 unspecified atom stereocenters. The molecule has 1 amide bonds. The zero-order valence-corrected chi connectivity index (χ0v) is 14.6. The fraction of sp³-hybridized carbons (Fsp3) is 0.526. The zero-order valence-electron chi connectivity index (χ0n) is 14.6. The summed E-state index contributed by atoms with van der Waals surface area (Å²) < 4.78 is 1.95. The van der Waals surface area contributed by atoms with E-state index in [1.807, 2.05) is 23.1 Å². The third kappa shape index (κ3) is 3.44. The van der Waals surface area contributed by atoms with Gasteiger partial charge in [0.2, 0.25) is 5.91 Å². The Balaban J connectivity index is 1.44. The van der Waals surface area contributed by atoms with Gasteiger partial charge in [-0.05, 0) is 49.9 Å². The van der Waals surface area contributed by atoms with Gasteiger partial charge in [0.05, 0.1) is 12.2 Å². The van der Waals surface area contributed by atoms with Crippen LogP contribution in [0.15, 0.2) is 36.9 Å². The van der Waals surface area contributed by atoms with Crippen molar-refractivity contribution in [3.63, 3.8) is 0 Å². The van der Waals surface area contributed by atoms with Crippen molar-refractivity contribution in [2.75, 3.05) is 6.54 Å². The Morgan fingerprint density at radius 1 is 1.32 bits per heavy atom. The molecule has 1 N–H and O–H groups in total. The van der Waals surface area contributed by atoms with E-state index in [1.54, 1.807) is 6.20 Å². The second kappa shape index (κ2) is 6.96. The summed E-state index contributed by atoms with van der Waals surface area (Å²) in [4.78, 5) is 18.9. The predicted octanol–water partition coefficient (Wildman–Crippen LogP) is 1.93.